The monoisotopic (exact) mass is 514 g/mol. The maximum absolute atomic E-state index is 2.43. The summed E-state index contributed by atoms with van der Waals surface area (Å²) in [5, 5.41) is 1.65. The predicted molar refractivity (Wildman–Crippen MR) is 80.3 cm³/mol. The predicted octanol–water partition coefficient (Wildman–Crippen LogP) is 1.81. The van der Waals surface area contributed by atoms with Gasteiger partial charge in [-0.3, -0.25) is 0 Å². The molecule has 3 rings (SSSR count). The number of rotatable bonds is 0. The first-order valence-electron chi connectivity index (χ1n) is 4.90. The van der Waals surface area contributed by atoms with Gasteiger partial charge in [0.25, 0.3) is 0 Å². The van der Waals surface area contributed by atoms with E-state index in [1.54, 1.807) is 7.61 Å². The van der Waals surface area contributed by atoms with Gasteiger partial charge < -0.3 is 0 Å². The average molecular weight is 510 g/mol. The summed E-state index contributed by atoms with van der Waals surface area (Å²) in [4.78, 5) is 4.87. The van der Waals surface area contributed by atoms with Crippen LogP contribution in [0.25, 0.3) is 0 Å². The van der Waals surface area contributed by atoms with Gasteiger partial charge in [0.15, 0.2) is 0 Å². The summed E-state index contributed by atoms with van der Waals surface area (Å²) >= 11 is 7.31. The first-order chi connectivity index (χ1) is 7.74. The van der Waals surface area contributed by atoms with Crippen LogP contribution in [-0.4, -0.2) is 70.3 Å². The van der Waals surface area contributed by atoms with Crippen LogP contribution in [-0.2, 0) is 0 Å². The van der Waals surface area contributed by atoms with Crippen LogP contribution in [0.5, 0.6) is 0 Å². The first-order valence-corrected chi connectivity index (χ1v) is 13.8. The van der Waals surface area contributed by atoms with E-state index >= 15 is 0 Å². The van der Waals surface area contributed by atoms with Gasteiger partial charge in [-0.1, -0.05) is 0 Å². The van der Waals surface area contributed by atoms with Crippen LogP contribution < -0.4 is 0 Å². The minimum atomic E-state index is 0.728. The number of hydrogen-bond donors (Lipinski definition) is 0. The molecule has 0 aromatic heterocycles. The van der Waals surface area contributed by atoms with Crippen molar-refractivity contribution in [1.82, 2.24) is 0 Å². The van der Waals surface area contributed by atoms with Crippen molar-refractivity contribution < 1.29 is 0 Å². The Morgan fingerprint density at radius 1 is 0.875 bits per heavy atom. The molecule has 16 heavy (non-hydrogen) atoms. The SMILES string of the molecule is C[C@@H]1SC2=C(S[C@@H]1C)[Se]C(=C1[Se]C=C[Se]1)[Se]2. The Morgan fingerprint density at radius 2 is 1.38 bits per heavy atom. The summed E-state index contributed by atoms with van der Waals surface area (Å²) in [5.41, 5.74) is 0. The number of hydrogen-bond acceptors (Lipinski definition) is 2. The molecule has 0 aromatic rings. The summed E-state index contributed by atoms with van der Waals surface area (Å²) in [6.07, 6.45) is 0. The van der Waals surface area contributed by atoms with E-state index in [2.05, 4.69) is 47.3 Å². The summed E-state index contributed by atoms with van der Waals surface area (Å²) in [7, 11) is 0. The molecule has 0 N–H and O–H groups in total. The van der Waals surface area contributed by atoms with E-state index in [9.17, 15) is 0 Å². The van der Waals surface area contributed by atoms with Gasteiger partial charge >= 0.3 is 132 Å². The van der Waals surface area contributed by atoms with Gasteiger partial charge in [-0.05, 0) is 0 Å². The molecule has 6 heteroatoms. The van der Waals surface area contributed by atoms with Gasteiger partial charge in [0.1, 0.15) is 0 Å². The molecule has 0 aromatic carbocycles. The van der Waals surface area contributed by atoms with Gasteiger partial charge in [0.2, 0.25) is 0 Å². The van der Waals surface area contributed by atoms with E-state index in [1.807, 2.05) is 6.74 Å². The van der Waals surface area contributed by atoms with E-state index in [1.165, 1.54) is 0 Å². The van der Waals surface area contributed by atoms with E-state index in [-0.39, 0.29) is 0 Å². The first kappa shape index (κ1) is 13.0. The van der Waals surface area contributed by atoms with E-state index in [0.717, 1.165) is 70.3 Å². The van der Waals surface area contributed by atoms with Crippen molar-refractivity contribution in [2.24, 2.45) is 0 Å². The Labute approximate surface area is 130 Å². The van der Waals surface area contributed by atoms with Crippen molar-refractivity contribution in [3.05, 3.63) is 24.3 Å². The van der Waals surface area contributed by atoms with Crippen molar-refractivity contribution >= 4 is 83.4 Å². The van der Waals surface area contributed by atoms with Crippen LogP contribution in [0.4, 0.5) is 0 Å². The Bertz CT molecular complexity index is 379. The van der Waals surface area contributed by atoms with Crippen LogP contribution in [0.2, 0.25) is 0 Å². The van der Waals surface area contributed by atoms with Crippen molar-refractivity contribution in [2.75, 3.05) is 0 Å². The van der Waals surface area contributed by atoms with Crippen LogP contribution >= 0.6 is 23.5 Å². The molecule has 0 amide bonds. The third-order valence-corrected chi connectivity index (χ3v) is 21.9. The third-order valence-electron chi connectivity index (χ3n) is 2.36. The van der Waals surface area contributed by atoms with Gasteiger partial charge in [-0.2, -0.15) is 0 Å². The zero-order chi connectivity index (χ0) is 11.1. The van der Waals surface area contributed by atoms with Gasteiger partial charge in [-0.25, -0.2) is 0 Å². The Morgan fingerprint density at radius 3 is 1.88 bits per heavy atom. The Kier molecular flexibility index (Phi) is 4.51. The van der Waals surface area contributed by atoms with E-state index in [0.29, 0.717) is 0 Å². The summed E-state index contributed by atoms with van der Waals surface area (Å²) in [6, 6.07) is 0. The summed E-state index contributed by atoms with van der Waals surface area (Å²) in [6.45, 7) is 4.79. The Hall–Kier alpha value is 2.00. The molecule has 0 aliphatic carbocycles. The molecule has 0 nitrogen and oxygen atoms in total. The van der Waals surface area contributed by atoms with Crippen molar-refractivity contribution in [1.29, 1.82) is 0 Å². The Balaban J connectivity index is 1.79. The molecule has 0 saturated carbocycles. The molecule has 0 spiro atoms. The second kappa shape index (κ2) is 5.55. The molecule has 0 fully saturated rings. The van der Waals surface area contributed by atoms with Crippen molar-refractivity contribution in [3.63, 3.8) is 0 Å². The molecule has 0 unspecified atom stereocenters. The zero-order valence-electron chi connectivity index (χ0n) is 8.76. The molecular formula is C10H10S2Se4. The van der Waals surface area contributed by atoms with Crippen molar-refractivity contribution in [2.45, 2.75) is 24.3 Å². The van der Waals surface area contributed by atoms with Crippen LogP contribution in [0, 0.1) is 0 Å². The van der Waals surface area contributed by atoms with Crippen LogP contribution in [0.3, 0.4) is 0 Å². The molecule has 86 valence electrons. The number of thioether (sulfide) groups is 2. The van der Waals surface area contributed by atoms with E-state index < -0.39 is 0 Å². The quantitative estimate of drug-likeness (QED) is 0.457. The topological polar surface area (TPSA) is 0 Å². The molecule has 3 aliphatic heterocycles. The molecule has 3 heterocycles. The molecule has 0 radical (unpaired) electrons. The van der Waals surface area contributed by atoms with E-state index in [4.69, 9.17) is 0 Å². The fourth-order valence-electron chi connectivity index (χ4n) is 1.33. The van der Waals surface area contributed by atoms with Gasteiger partial charge in [0.05, 0.1) is 0 Å². The maximum atomic E-state index is 2.43. The van der Waals surface area contributed by atoms with Gasteiger partial charge in [0, 0.05) is 0 Å². The fourth-order valence-corrected chi connectivity index (χ4v) is 21.8. The molecule has 0 saturated heterocycles. The fraction of sp³-hybridized carbons (Fsp3) is 0.400. The molecule has 0 bridgehead atoms. The summed E-state index contributed by atoms with van der Waals surface area (Å²) in [5.74, 6) is 0. The average Bonchev–Trinajstić information content (AvgIpc) is 2.86. The summed E-state index contributed by atoms with van der Waals surface area (Å²) < 4.78 is 7.39. The molecular weight excluding hydrogens is 500 g/mol. The molecule has 3 aliphatic rings. The molecule has 2 atom stereocenters. The van der Waals surface area contributed by atoms with Crippen molar-refractivity contribution in [3.8, 4) is 0 Å². The zero-order valence-corrected chi connectivity index (χ0v) is 17.2. The normalized spacial score (nSPS) is 33.9. The minimum absolute atomic E-state index is 0.728. The second-order valence-corrected chi connectivity index (χ2v) is 18.2. The third kappa shape index (κ3) is 2.63. The van der Waals surface area contributed by atoms with Gasteiger partial charge in [-0.15, -0.1) is 0 Å². The standard InChI is InChI=1S/C10H10S2Se4/c1-5-6(2)12-8-7(11-5)15-10(16-8)9-13-3-4-14-9/h3-6H,1-2H3/t5-,6+. The van der Waals surface area contributed by atoms with Crippen LogP contribution in [0.1, 0.15) is 13.8 Å². The second-order valence-electron chi connectivity index (χ2n) is 3.51. The van der Waals surface area contributed by atoms with Crippen LogP contribution in [0.15, 0.2) is 24.3 Å².